The number of hydrogen-bond donors (Lipinski definition) is 1. The van der Waals surface area contributed by atoms with Crippen LogP contribution in [0.15, 0.2) is 73.1 Å². The molecule has 0 aliphatic heterocycles. The van der Waals surface area contributed by atoms with Gasteiger partial charge in [0, 0.05) is 18.0 Å². The summed E-state index contributed by atoms with van der Waals surface area (Å²) in [4.78, 5) is 15.0. The van der Waals surface area contributed by atoms with Crippen LogP contribution in [0.3, 0.4) is 0 Å². The molecule has 2 aromatic carbocycles. The number of hydrogen-bond acceptors (Lipinski definition) is 2. The predicted molar refractivity (Wildman–Crippen MR) is 99.0 cm³/mol. The van der Waals surface area contributed by atoms with Crippen LogP contribution in [0, 0.1) is 11.8 Å². The molecule has 0 radical (unpaired) electrons. The van der Waals surface area contributed by atoms with Gasteiger partial charge in [0.05, 0.1) is 11.1 Å². The first-order chi connectivity index (χ1) is 12.2. The lowest BCUT2D eigenvalue weighted by Crippen LogP contribution is -1.94. The van der Waals surface area contributed by atoms with E-state index in [2.05, 4.69) is 16.8 Å². The number of carboxylic acid groups (broad SMARTS) is 1. The van der Waals surface area contributed by atoms with Crippen LogP contribution in [-0.4, -0.2) is 16.1 Å². The van der Waals surface area contributed by atoms with Crippen molar-refractivity contribution in [2.75, 3.05) is 0 Å². The highest BCUT2D eigenvalue weighted by molar-refractivity contribution is 5.87. The molecule has 0 bridgehead atoms. The Morgan fingerprint density at radius 1 is 0.920 bits per heavy atom. The SMILES string of the molecule is O=C(O)c1ccc(C#Cc2cnccc2C=Cc2ccccc2)cc1. The molecule has 1 N–H and O–H groups in total. The lowest BCUT2D eigenvalue weighted by molar-refractivity contribution is 0.0697. The normalized spacial score (nSPS) is 10.2. The monoisotopic (exact) mass is 325 g/mol. The third-order valence-corrected chi connectivity index (χ3v) is 3.58. The minimum absolute atomic E-state index is 0.249. The van der Waals surface area contributed by atoms with Crippen molar-refractivity contribution in [2.45, 2.75) is 0 Å². The molecule has 0 spiro atoms. The molecule has 120 valence electrons. The maximum Gasteiger partial charge on any atom is 0.335 e. The molecule has 0 aliphatic carbocycles. The van der Waals surface area contributed by atoms with E-state index in [-0.39, 0.29) is 5.56 Å². The Bertz CT molecular complexity index is 962. The molecule has 0 atom stereocenters. The van der Waals surface area contributed by atoms with Crippen LogP contribution in [0.5, 0.6) is 0 Å². The first-order valence-corrected chi connectivity index (χ1v) is 7.75. The number of nitrogens with zero attached hydrogens (tertiary/aromatic N) is 1. The summed E-state index contributed by atoms with van der Waals surface area (Å²) in [5.74, 6) is 5.21. The van der Waals surface area contributed by atoms with E-state index in [1.54, 1.807) is 36.7 Å². The molecule has 0 saturated carbocycles. The van der Waals surface area contributed by atoms with Crippen molar-refractivity contribution in [1.29, 1.82) is 0 Å². The van der Waals surface area contributed by atoms with Crippen molar-refractivity contribution in [3.8, 4) is 11.8 Å². The molecule has 0 amide bonds. The molecule has 3 rings (SSSR count). The van der Waals surface area contributed by atoms with Crippen molar-refractivity contribution in [3.05, 3.63) is 101 Å². The van der Waals surface area contributed by atoms with Crippen LogP contribution in [0.4, 0.5) is 0 Å². The number of rotatable bonds is 3. The van der Waals surface area contributed by atoms with Crippen molar-refractivity contribution >= 4 is 18.1 Å². The van der Waals surface area contributed by atoms with Crippen LogP contribution in [0.25, 0.3) is 12.2 Å². The second-order valence-electron chi connectivity index (χ2n) is 5.34. The van der Waals surface area contributed by atoms with Crippen molar-refractivity contribution in [3.63, 3.8) is 0 Å². The van der Waals surface area contributed by atoms with Gasteiger partial charge in [-0.05, 0) is 41.5 Å². The number of carbonyl (C=O) groups is 1. The Hall–Kier alpha value is -3.64. The minimum Gasteiger partial charge on any atom is -0.478 e. The summed E-state index contributed by atoms with van der Waals surface area (Å²) in [6.07, 6.45) is 7.50. The molecule has 0 aliphatic rings. The Balaban J connectivity index is 1.84. The van der Waals surface area contributed by atoms with Crippen LogP contribution in [0.2, 0.25) is 0 Å². The van der Waals surface area contributed by atoms with Gasteiger partial charge in [0.25, 0.3) is 0 Å². The van der Waals surface area contributed by atoms with Gasteiger partial charge in [-0.25, -0.2) is 4.79 Å². The second kappa shape index (κ2) is 7.76. The van der Waals surface area contributed by atoms with Gasteiger partial charge in [0.2, 0.25) is 0 Å². The summed E-state index contributed by atoms with van der Waals surface area (Å²) in [6.45, 7) is 0. The average molecular weight is 325 g/mol. The van der Waals surface area contributed by atoms with E-state index >= 15 is 0 Å². The summed E-state index contributed by atoms with van der Waals surface area (Å²) in [7, 11) is 0. The molecule has 3 nitrogen and oxygen atoms in total. The van der Waals surface area contributed by atoms with Crippen molar-refractivity contribution < 1.29 is 9.90 Å². The maximum atomic E-state index is 10.9. The first kappa shape index (κ1) is 16.2. The van der Waals surface area contributed by atoms with Gasteiger partial charge in [-0.1, -0.05) is 54.3 Å². The molecule has 0 unspecified atom stereocenters. The van der Waals surface area contributed by atoms with Crippen LogP contribution in [-0.2, 0) is 0 Å². The number of pyridine rings is 1. The summed E-state index contributed by atoms with van der Waals surface area (Å²) in [5.41, 5.74) is 3.92. The lowest BCUT2D eigenvalue weighted by atomic mass is 10.1. The smallest absolute Gasteiger partial charge is 0.335 e. The molecular weight excluding hydrogens is 310 g/mol. The Kier molecular flexibility index (Phi) is 5.04. The van der Waals surface area contributed by atoms with E-state index in [1.807, 2.05) is 48.6 Å². The van der Waals surface area contributed by atoms with E-state index in [0.717, 1.165) is 22.3 Å². The van der Waals surface area contributed by atoms with E-state index in [0.29, 0.717) is 0 Å². The van der Waals surface area contributed by atoms with Gasteiger partial charge >= 0.3 is 5.97 Å². The fourth-order valence-electron chi connectivity index (χ4n) is 2.24. The van der Waals surface area contributed by atoms with Crippen molar-refractivity contribution in [2.24, 2.45) is 0 Å². The zero-order chi connectivity index (χ0) is 17.5. The van der Waals surface area contributed by atoms with Gasteiger partial charge in [-0.3, -0.25) is 4.98 Å². The zero-order valence-corrected chi connectivity index (χ0v) is 13.4. The maximum absolute atomic E-state index is 10.9. The molecule has 1 heterocycles. The Labute approximate surface area is 146 Å². The molecular formula is C22H15NO2. The fraction of sp³-hybridized carbons (Fsp3) is 0. The fourth-order valence-corrected chi connectivity index (χ4v) is 2.24. The zero-order valence-electron chi connectivity index (χ0n) is 13.4. The molecule has 0 fully saturated rings. The molecule has 0 saturated heterocycles. The van der Waals surface area contributed by atoms with Gasteiger partial charge < -0.3 is 5.11 Å². The lowest BCUT2D eigenvalue weighted by Gasteiger charge is -1.98. The van der Waals surface area contributed by atoms with Gasteiger partial charge in [-0.15, -0.1) is 0 Å². The van der Waals surface area contributed by atoms with Gasteiger partial charge in [0.1, 0.15) is 0 Å². The van der Waals surface area contributed by atoms with Crippen LogP contribution < -0.4 is 0 Å². The minimum atomic E-state index is -0.944. The van der Waals surface area contributed by atoms with E-state index in [4.69, 9.17) is 5.11 Å². The largest absolute Gasteiger partial charge is 0.478 e. The van der Waals surface area contributed by atoms with E-state index in [9.17, 15) is 4.79 Å². The Morgan fingerprint density at radius 3 is 2.40 bits per heavy atom. The highest BCUT2D eigenvalue weighted by atomic mass is 16.4. The second-order valence-corrected chi connectivity index (χ2v) is 5.34. The van der Waals surface area contributed by atoms with Crippen molar-refractivity contribution in [1.82, 2.24) is 4.98 Å². The predicted octanol–water partition coefficient (Wildman–Crippen LogP) is 4.35. The third kappa shape index (κ3) is 4.43. The number of aromatic nitrogens is 1. The summed E-state index contributed by atoms with van der Waals surface area (Å²) >= 11 is 0. The topological polar surface area (TPSA) is 50.2 Å². The standard InChI is InChI=1S/C22H15NO2/c24-22(25)20-11-7-18(8-12-20)9-13-21-16-23-15-14-19(21)10-6-17-4-2-1-3-5-17/h1-8,10-12,14-16H,(H,24,25). The average Bonchev–Trinajstić information content (AvgIpc) is 2.66. The highest BCUT2D eigenvalue weighted by Crippen LogP contribution is 2.12. The molecule has 3 heteroatoms. The summed E-state index contributed by atoms with van der Waals surface area (Å²) in [6, 6.07) is 18.4. The van der Waals surface area contributed by atoms with E-state index < -0.39 is 5.97 Å². The molecule has 25 heavy (non-hydrogen) atoms. The van der Waals surface area contributed by atoms with Crippen LogP contribution in [0.1, 0.15) is 32.6 Å². The summed E-state index contributed by atoms with van der Waals surface area (Å²) < 4.78 is 0. The third-order valence-electron chi connectivity index (χ3n) is 3.58. The van der Waals surface area contributed by atoms with Gasteiger partial charge in [0.15, 0.2) is 0 Å². The van der Waals surface area contributed by atoms with Crippen LogP contribution >= 0.6 is 0 Å². The highest BCUT2D eigenvalue weighted by Gasteiger charge is 2.00. The molecule has 3 aromatic rings. The number of benzene rings is 2. The van der Waals surface area contributed by atoms with Gasteiger partial charge in [-0.2, -0.15) is 0 Å². The van der Waals surface area contributed by atoms with E-state index in [1.165, 1.54) is 0 Å². The first-order valence-electron chi connectivity index (χ1n) is 7.75. The quantitative estimate of drug-likeness (QED) is 0.728. The Morgan fingerprint density at radius 2 is 1.68 bits per heavy atom. The number of aromatic carboxylic acids is 1. The molecule has 1 aromatic heterocycles. The number of carboxylic acids is 1. The summed E-state index contributed by atoms with van der Waals surface area (Å²) in [5, 5.41) is 8.92.